The van der Waals surface area contributed by atoms with E-state index in [1.165, 1.54) is 12.1 Å². The molecule has 0 radical (unpaired) electrons. The Morgan fingerprint density at radius 3 is 1.63 bits per heavy atom. The Labute approximate surface area is 205 Å². The zero-order chi connectivity index (χ0) is 24.6. The minimum absolute atomic E-state index is 0.0212. The maximum absolute atomic E-state index is 10.8. The van der Waals surface area contributed by atoms with E-state index >= 15 is 0 Å². The van der Waals surface area contributed by atoms with Crippen LogP contribution in [0.5, 0.6) is 0 Å². The summed E-state index contributed by atoms with van der Waals surface area (Å²) < 4.78 is 22.6. The zero-order valence-electron chi connectivity index (χ0n) is 19.8. The third-order valence-corrected chi connectivity index (χ3v) is 5.16. The molecule has 0 saturated carbocycles. The van der Waals surface area contributed by atoms with Gasteiger partial charge in [0.2, 0.25) is 0 Å². The average molecular weight is 488 g/mol. The minimum Gasteiger partial charge on any atom is -0.378 e. The molecule has 1 aliphatic rings. The molecule has 0 atom stereocenters. The molecule has 0 aliphatic carbocycles. The van der Waals surface area contributed by atoms with Crippen molar-refractivity contribution in [1.82, 2.24) is 5.32 Å². The molecule has 0 bridgehead atoms. The lowest BCUT2D eigenvalue weighted by Gasteiger charge is -2.25. The Bertz CT molecular complexity index is 876. The quantitative estimate of drug-likeness (QED) is 0.395. The second-order valence-corrected chi connectivity index (χ2v) is 7.68. The number of nitro benzene ring substituents is 1. The van der Waals surface area contributed by atoms with Crippen LogP contribution in [0.4, 0.5) is 22.7 Å². The summed E-state index contributed by atoms with van der Waals surface area (Å²) in [5.74, 6) is 0. The predicted octanol–water partition coefficient (Wildman–Crippen LogP) is 3.49. The van der Waals surface area contributed by atoms with Crippen molar-refractivity contribution in [3.63, 3.8) is 0 Å². The Kier molecular flexibility index (Phi) is 12.1. The predicted molar refractivity (Wildman–Crippen MR) is 132 cm³/mol. The van der Waals surface area contributed by atoms with Crippen molar-refractivity contribution in [2.75, 3.05) is 83.9 Å². The van der Waals surface area contributed by atoms with E-state index in [0.29, 0.717) is 77.3 Å². The highest BCUT2D eigenvalue weighted by molar-refractivity contribution is 5.53. The van der Waals surface area contributed by atoms with Crippen molar-refractivity contribution in [2.45, 2.75) is 0 Å². The largest absolute Gasteiger partial charge is 0.378 e. The van der Waals surface area contributed by atoms with Gasteiger partial charge in [0.25, 0.3) is 5.69 Å². The summed E-state index contributed by atoms with van der Waals surface area (Å²) in [5, 5.41) is 22.4. The van der Waals surface area contributed by atoms with Crippen molar-refractivity contribution in [3.05, 3.63) is 58.6 Å². The molecule has 2 aromatic rings. The highest BCUT2D eigenvalue weighted by atomic mass is 16.6. The molecule has 1 saturated heterocycles. The van der Waals surface area contributed by atoms with E-state index in [0.717, 1.165) is 18.8 Å². The first-order valence-corrected chi connectivity index (χ1v) is 11.8. The first-order chi connectivity index (χ1) is 17.2. The van der Waals surface area contributed by atoms with Crippen molar-refractivity contribution < 1.29 is 23.9 Å². The lowest BCUT2D eigenvalue weighted by Crippen LogP contribution is -2.32. The molecule has 11 heteroatoms. The Hall–Kier alpha value is -2.96. The van der Waals surface area contributed by atoms with Gasteiger partial charge in [-0.2, -0.15) is 10.2 Å². The highest BCUT2D eigenvalue weighted by Gasteiger charge is 2.08. The first-order valence-electron chi connectivity index (χ1n) is 11.8. The number of ether oxygens (including phenoxy) is 4. The first kappa shape index (κ1) is 26.6. The van der Waals surface area contributed by atoms with Crippen LogP contribution in [0.15, 0.2) is 58.8 Å². The molecule has 0 amide bonds. The van der Waals surface area contributed by atoms with Gasteiger partial charge >= 0.3 is 0 Å². The van der Waals surface area contributed by atoms with Gasteiger partial charge in [0.1, 0.15) is 0 Å². The van der Waals surface area contributed by atoms with Gasteiger partial charge in [-0.15, -0.1) is 0 Å². The van der Waals surface area contributed by atoms with Crippen LogP contribution in [0.3, 0.4) is 0 Å². The monoisotopic (exact) mass is 487 g/mol. The van der Waals surface area contributed by atoms with Crippen LogP contribution in [0.1, 0.15) is 0 Å². The van der Waals surface area contributed by atoms with E-state index in [-0.39, 0.29) is 5.69 Å². The fourth-order valence-electron chi connectivity index (χ4n) is 3.26. The van der Waals surface area contributed by atoms with E-state index in [9.17, 15) is 10.1 Å². The number of anilines is 1. The van der Waals surface area contributed by atoms with Gasteiger partial charge in [-0.1, -0.05) is 0 Å². The van der Waals surface area contributed by atoms with Gasteiger partial charge in [-0.3, -0.25) is 10.1 Å². The molecule has 2 aromatic carbocycles. The number of rotatable bonds is 4. The number of non-ortho nitro benzene ring substituents is 1. The number of hydrogen-bond donors (Lipinski definition) is 1. The van der Waals surface area contributed by atoms with Crippen LogP contribution >= 0.6 is 0 Å². The Morgan fingerprint density at radius 1 is 0.686 bits per heavy atom. The molecule has 190 valence electrons. The van der Waals surface area contributed by atoms with Crippen molar-refractivity contribution in [3.8, 4) is 0 Å². The van der Waals surface area contributed by atoms with Gasteiger partial charge < -0.3 is 29.2 Å². The molecule has 3 rings (SSSR count). The maximum Gasteiger partial charge on any atom is 0.269 e. The van der Waals surface area contributed by atoms with E-state index in [1.54, 1.807) is 12.1 Å². The zero-order valence-corrected chi connectivity index (χ0v) is 19.8. The molecule has 35 heavy (non-hydrogen) atoms. The van der Waals surface area contributed by atoms with Gasteiger partial charge in [0, 0.05) is 44.0 Å². The summed E-state index contributed by atoms with van der Waals surface area (Å²) in [7, 11) is 0. The van der Waals surface area contributed by atoms with Gasteiger partial charge in [-0.05, 0) is 36.4 Å². The lowest BCUT2D eigenvalue weighted by molar-refractivity contribution is -0.384. The van der Waals surface area contributed by atoms with Crippen LogP contribution in [-0.4, -0.2) is 84.0 Å². The van der Waals surface area contributed by atoms with Crippen molar-refractivity contribution in [1.29, 1.82) is 0 Å². The number of nitrogens with one attached hydrogen (secondary N) is 1. The van der Waals surface area contributed by atoms with Gasteiger partial charge in [0.15, 0.2) is 0 Å². The minimum atomic E-state index is -0.444. The van der Waals surface area contributed by atoms with Crippen LogP contribution in [0.25, 0.3) is 0 Å². The summed E-state index contributed by atoms with van der Waals surface area (Å²) >= 11 is 0. The normalized spacial score (nSPS) is 18.1. The maximum atomic E-state index is 10.8. The molecule has 1 heterocycles. The molecule has 0 spiro atoms. The smallest absolute Gasteiger partial charge is 0.269 e. The Balaban J connectivity index is 1.54. The fourth-order valence-corrected chi connectivity index (χ4v) is 3.26. The fraction of sp³-hybridized carbons (Fsp3) is 0.500. The van der Waals surface area contributed by atoms with E-state index < -0.39 is 4.92 Å². The summed E-state index contributed by atoms with van der Waals surface area (Å²) in [6, 6.07) is 13.7. The third-order valence-electron chi connectivity index (χ3n) is 5.16. The molecule has 1 fully saturated rings. The number of nitro groups is 1. The summed E-state index contributed by atoms with van der Waals surface area (Å²) in [6.45, 7) is 7.68. The molecular weight excluding hydrogens is 454 g/mol. The van der Waals surface area contributed by atoms with Crippen LogP contribution in [0.2, 0.25) is 0 Å². The van der Waals surface area contributed by atoms with Gasteiger partial charge in [-0.25, -0.2) is 0 Å². The van der Waals surface area contributed by atoms with Crippen LogP contribution in [0, 0.1) is 10.1 Å². The molecule has 0 unspecified atom stereocenters. The SMILES string of the molecule is O=[N+]([O-])c1ccc(N=Nc2ccc(N3CCOCCOCCNCCOCCOCC3)cc2)cc1. The Morgan fingerprint density at radius 2 is 1.14 bits per heavy atom. The standard InChI is InChI=1S/C24H33N5O6/c30-29(31)24-7-3-22(4-8-24)27-26-21-1-5-23(6-2-21)28-11-15-34-19-17-32-13-9-25-10-14-33-18-20-35-16-12-28/h1-8,25H,9-20H2. The summed E-state index contributed by atoms with van der Waals surface area (Å²) in [6.07, 6.45) is 0. The van der Waals surface area contributed by atoms with Crippen LogP contribution < -0.4 is 10.2 Å². The molecule has 11 nitrogen and oxygen atoms in total. The molecular formula is C24H33N5O6. The third kappa shape index (κ3) is 10.5. The number of benzene rings is 2. The summed E-state index contributed by atoms with van der Waals surface area (Å²) in [4.78, 5) is 12.5. The molecule has 1 N–H and O–H groups in total. The second-order valence-electron chi connectivity index (χ2n) is 7.68. The van der Waals surface area contributed by atoms with Crippen molar-refractivity contribution in [2.24, 2.45) is 10.2 Å². The molecule has 1 aliphatic heterocycles. The van der Waals surface area contributed by atoms with E-state index in [2.05, 4.69) is 20.4 Å². The average Bonchev–Trinajstić information content (AvgIpc) is 2.88. The van der Waals surface area contributed by atoms with E-state index in [4.69, 9.17) is 18.9 Å². The lowest BCUT2D eigenvalue weighted by atomic mass is 10.2. The number of hydrogen-bond acceptors (Lipinski definition) is 10. The molecule has 0 aromatic heterocycles. The number of nitrogens with zero attached hydrogens (tertiary/aromatic N) is 4. The topological polar surface area (TPSA) is 120 Å². The second kappa shape index (κ2) is 15.8. The van der Waals surface area contributed by atoms with Gasteiger partial charge in [0.05, 0.1) is 69.2 Å². The van der Waals surface area contributed by atoms with Crippen LogP contribution in [-0.2, 0) is 18.9 Å². The summed E-state index contributed by atoms with van der Waals surface area (Å²) in [5.41, 5.74) is 2.28. The highest BCUT2D eigenvalue weighted by Crippen LogP contribution is 2.23. The number of azo groups is 1. The van der Waals surface area contributed by atoms with Crippen molar-refractivity contribution >= 4 is 22.7 Å². The van der Waals surface area contributed by atoms with E-state index in [1.807, 2.05) is 24.3 Å².